The van der Waals surface area contributed by atoms with Crippen LogP contribution in [-0.2, 0) is 0 Å². The van der Waals surface area contributed by atoms with Crippen LogP contribution in [0, 0.1) is 17.1 Å². The number of halogens is 3. The summed E-state index contributed by atoms with van der Waals surface area (Å²) in [5, 5.41) is 9.72. The molecule has 1 saturated carbocycles. The number of nitrogens with zero attached hydrogens (tertiary/aromatic N) is 2. The lowest BCUT2D eigenvalue weighted by molar-refractivity contribution is -0.0520. The lowest BCUT2D eigenvalue weighted by Gasteiger charge is -2.29. The summed E-state index contributed by atoms with van der Waals surface area (Å²) in [5.74, 6) is -1.37. The lowest BCUT2D eigenvalue weighted by atomic mass is 9.90. The zero-order valence-corrected chi connectivity index (χ0v) is 11.4. The zero-order chi connectivity index (χ0) is 15.1. The van der Waals surface area contributed by atoms with Crippen molar-refractivity contribution in [2.75, 3.05) is 0 Å². The third-order valence-electron chi connectivity index (χ3n) is 4.07. The van der Waals surface area contributed by atoms with Crippen molar-refractivity contribution in [3.05, 3.63) is 23.5 Å². The van der Waals surface area contributed by atoms with Crippen molar-refractivity contribution in [2.45, 2.75) is 31.9 Å². The molecule has 7 heteroatoms. The molecular formula is C14H12BF3N2O. The Morgan fingerprint density at radius 1 is 1.38 bits per heavy atom. The Morgan fingerprint density at radius 3 is 2.62 bits per heavy atom. The van der Waals surface area contributed by atoms with Gasteiger partial charge in [-0.1, -0.05) is 0 Å². The van der Waals surface area contributed by atoms with Crippen LogP contribution in [0.15, 0.2) is 12.1 Å². The second kappa shape index (κ2) is 5.03. The van der Waals surface area contributed by atoms with Crippen LogP contribution in [0.5, 0.6) is 5.75 Å². The average molecular weight is 292 g/mol. The number of alkyl halides is 2. The molecule has 0 atom stereocenters. The lowest BCUT2D eigenvalue weighted by Crippen LogP contribution is -2.27. The molecule has 1 heterocycles. The first kappa shape index (κ1) is 13.9. The summed E-state index contributed by atoms with van der Waals surface area (Å²) >= 11 is 0. The Hall–Kier alpha value is -2.10. The first-order valence-corrected chi connectivity index (χ1v) is 6.72. The second-order valence-corrected chi connectivity index (χ2v) is 5.21. The van der Waals surface area contributed by atoms with E-state index in [4.69, 9.17) is 0 Å². The van der Waals surface area contributed by atoms with Crippen LogP contribution in [-0.4, -0.2) is 19.0 Å². The van der Waals surface area contributed by atoms with E-state index in [0.29, 0.717) is 16.5 Å². The summed E-state index contributed by atoms with van der Waals surface area (Å²) in [4.78, 5) is 0. The zero-order valence-electron chi connectivity index (χ0n) is 11.4. The maximum atomic E-state index is 13.9. The normalized spacial score (nSPS) is 15.2. The average Bonchev–Trinajstić information content (AvgIpc) is 2.60. The van der Waals surface area contributed by atoms with E-state index in [2.05, 4.69) is 10.8 Å². The van der Waals surface area contributed by atoms with Gasteiger partial charge in [-0.25, -0.2) is 4.39 Å². The first-order valence-electron chi connectivity index (χ1n) is 6.72. The molecule has 0 amide bonds. The molecule has 0 N–H and O–H groups in total. The Bertz CT molecular complexity index is 747. The van der Waals surface area contributed by atoms with Gasteiger partial charge in [0.2, 0.25) is 0 Å². The second-order valence-electron chi connectivity index (χ2n) is 5.21. The summed E-state index contributed by atoms with van der Waals surface area (Å²) in [6, 6.07) is 4.68. The molecule has 3 rings (SSSR count). The van der Waals surface area contributed by atoms with E-state index in [9.17, 15) is 18.4 Å². The van der Waals surface area contributed by atoms with E-state index >= 15 is 0 Å². The van der Waals surface area contributed by atoms with Gasteiger partial charge in [0.25, 0.3) is 0 Å². The summed E-state index contributed by atoms with van der Waals surface area (Å²) in [5.41, 5.74) is 1.70. The van der Waals surface area contributed by atoms with Crippen LogP contribution in [0.1, 0.15) is 30.9 Å². The topological polar surface area (TPSA) is 37.9 Å². The van der Waals surface area contributed by atoms with Crippen molar-refractivity contribution in [3.63, 3.8) is 0 Å². The number of fused-ring (bicyclic) bond motifs is 1. The molecule has 0 aliphatic heterocycles. The van der Waals surface area contributed by atoms with E-state index in [0.717, 1.165) is 30.9 Å². The molecule has 0 bridgehead atoms. The molecule has 1 aromatic carbocycles. The van der Waals surface area contributed by atoms with Gasteiger partial charge in [-0.15, -0.1) is 0 Å². The number of hydrogen-bond donors (Lipinski definition) is 0. The monoisotopic (exact) mass is 292 g/mol. The molecular weight excluding hydrogens is 280 g/mol. The van der Waals surface area contributed by atoms with Gasteiger partial charge in [0, 0.05) is 17.5 Å². The minimum absolute atomic E-state index is 0.236. The van der Waals surface area contributed by atoms with Gasteiger partial charge in [-0.3, -0.25) is 0 Å². The Morgan fingerprint density at radius 2 is 2.10 bits per heavy atom. The van der Waals surface area contributed by atoms with E-state index in [1.807, 2.05) is 4.57 Å². The molecule has 1 fully saturated rings. The van der Waals surface area contributed by atoms with Gasteiger partial charge in [-0.05, 0) is 30.9 Å². The van der Waals surface area contributed by atoms with Gasteiger partial charge in [0.1, 0.15) is 6.07 Å². The molecule has 108 valence electrons. The molecule has 1 aliphatic rings. The summed E-state index contributed by atoms with van der Waals surface area (Å²) in [6.45, 7) is -3.08. The molecule has 0 spiro atoms. The largest absolute Gasteiger partial charge is 0.432 e. The van der Waals surface area contributed by atoms with Gasteiger partial charge in [-0.2, -0.15) is 14.0 Å². The highest BCUT2D eigenvalue weighted by Gasteiger charge is 2.26. The maximum absolute atomic E-state index is 13.9. The minimum Gasteiger partial charge on any atom is -0.432 e. The fourth-order valence-corrected chi connectivity index (χ4v) is 2.88. The van der Waals surface area contributed by atoms with Crippen molar-refractivity contribution in [2.24, 2.45) is 0 Å². The van der Waals surface area contributed by atoms with Crippen LogP contribution in [0.25, 0.3) is 10.9 Å². The molecule has 0 saturated heterocycles. The van der Waals surface area contributed by atoms with Crippen LogP contribution >= 0.6 is 0 Å². The van der Waals surface area contributed by atoms with Gasteiger partial charge in [0.05, 0.1) is 11.1 Å². The van der Waals surface area contributed by atoms with Crippen molar-refractivity contribution in [1.82, 2.24) is 4.57 Å². The maximum Gasteiger partial charge on any atom is 0.387 e. The number of aromatic nitrogens is 1. The van der Waals surface area contributed by atoms with Gasteiger partial charge in [0.15, 0.2) is 19.4 Å². The van der Waals surface area contributed by atoms with Crippen molar-refractivity contribution in [3.8, 4) is 11.8 Å². The quantitative estimate of drug-likeness (QED) is 0.814. The standard InChI is InChI=1S/C14H12BF3N2O/c15-13-9(6-19)8-4-10(16)12(21-14(17)18)5-11(8)20(13)7-2-1-3-7/h4-5,7,14H,1-3,15H2. The highest BCUT2D eigenvalue weighted by atomic mass is 19.3. The Balaban J connectivity index is 2.25. The third-order valence-corrected chi connectivity index (χ3v) is 4.07. The van der Waals surface area contributed by atoms with Crippen molar-refractivity contribution < 1.29 is 17.9 Å². The minimum atomic E-state index is -3.08. The van der Waals surface area contributed by atoms with Gasteiger partial charge < -0.3 is 9.30 Å². The van der Waals surface area contributed by atoms with Crippen LogP contribution in [0.4, 0.5) is 13.2 Å². The smallest absolute Gasteiger partial charge is 0.387 e. The molecule has 1 aliphatic carbocycles. The fourth-order valence-electron chi connectivity index (χ4n) is 2.88. The van der Waals surface area contributed by atoms with E-state index in [1.165, 1.54) is 6.07 Å². The SMILES string of the molecule is Bc1c(C#N)c2cc(F)c(OC(F)F)cc2n1C1CCC1. The molecule has 21 heavy (non-hydrogen) atoms. The third kappa shape index (κ3) is 2.15. The molecule has 0 unspecified atom stereocenters. The first-order chi connectivity index (χ1) is 10.0. The fraction of sp³-hybridized carbons (Fsp3) is 0.357. The summed E-state index contributed by atoms with van der Waals surface area (Å²) in [6.07, 6.45) is 3.03. The van der Waals surface area contributed by atoms with Gasteiger partial charge >= 0.3 is 6.61 Å². The number of hydrogen-bond acceptors (Lipinski definition) is 2. The molecule has 2 aromatic rings. The van der Waals surface area contributed by atoms with Crippen LogP contribution in [0.2, 0.25) is 0 Å². The summed E-state index contributed by atoms with van der Waals surface area (Å²) < 4.78 is 44.7. The van der Waals surface area contributed by atoms with Crippen LogP contribution < -0.4 is 10.3 Å². The molecule has 3 nitrogen and oxygen atoms in total. The highest BCUT2D eigenvalue weighted by molar-refractivity contribution is 6.34. The predicted octanol–water partition coefficient (Wildman–Crippen LogP) is 2.24. The Labute approximate surface area is 120 Å². The number of rotatable bonds is 3. The number of nitriles is 1. The molecule has 0 radical (unpaired) electrons. The highest BCUT2D eigenvalue weighted by Crippen LogP contribution is 2.36. The van der Waals surface area contributed by atoms with Crippen molar-refractivity contribution in [1.29, 1.82) is 5.26 Å². The Kier molecular flexibility index (Phi) is 3.32. The predicted molar refractivity (Wildman–Crippen MR) is 74.3 cm³/mol. The van der Waals surface area contributed by atoms with E-state index in [1.54, 1.807) is 7.85 Å². The van der Waals surface area contributed by atoms with Crippen molar-refractivity contribution >= 4 is 24.3 Å². The van der Waals surface area contributed by atoms with E-state index in [-0.39, 0.29) is 6.04 Å². The summed E-state index contributed by atoms with van der Waals surface area (Å²) in [7, 11) is 1.79. The number of ether oxygens (including phenoxy) is 1. The molecule has 1 aromatic heterocycles. The van der Waals surface area contributed by atoms with Crippen LogP contribution in [0.3, 0.4) is 0 Å². The number of benzene rings is 1. The van der Waals surface area contributed by atoms with E-state index < -0.39 is 18.2 Å².